The van der Waals surface area contributed by atoms with Gasteiger partial charge in [-0.3, -0.25) is 4.90 Å². The van der Waals surface area contributed by atoms with Gasteiger partial charge >= 0.3 is 0 Å². The lowest BCUT2D eigenvalue weighted by Gasteiger charge is -2.34. The Bertz CT molecular complexity index is 393. The molecular weight excluding hydrogens is 256 g/mol. The lowest BCUT2D eigenvalue weighted by atomic mass is 10.1. The Morgan fingerprint density at radius 1 is 1.11 bits per heavy atom. The molecule has 1 aliphatic heterocycles. The maximum absolute atomic E-state index is 6.34. The van der Waals surface area contributed by atoms with Gasteiger partial charge in [-0.2, -0.15) is 0 Å². The Morgan fingerprint density at radius 2 is 1.89 bits per heavy atom. The van der Waals surface area contributed by atoms with Crippen molar-refractivity contribution in [3.05, 3.63) is 34.9 Å². The molecule has 3 rings (SSSR count). The van der Waals surface area contributed by atoms with Gasteiger partial charge < -0.3 is 5.32 Å². The van der Waals surface area contributed by atoms with Crippen molar-refractivity contribution in [2.24, 2.45) is 0 Å². The highest BCUT2D eigenvalue weighted by Gasteiger charge is 2.30. The smallest absolute Gasteiger partial charge is 0.0451 e. The first-order chi connectivity index (χ1) is 9.34. The fraction of sp³-hybridized carbons (Fsp3) is 0.625. The maximum atomic E-state index is 6.34. The van der Waals surface area contributed by atoms with Gasteiger partial charge in [0.2, 0.25) is 0 Å². The molecule has 0 radical (unpaired) electrons. The highest BCUT2D eigenvalue weighted by Crippen LogP contribution is 2.29. The summed E-state index contributed by atoms with van der Waals surface area (Å²) in [7, 11) is 0. The second-order valence-corrected chi connectivity index (χ2v) is 6.26. The van der Waals surface area contributed by atoms with Crippen molar-refractivity contribution in [3.8, 4) is 0 Å². The van der Waals surface area contributed by atoms with Gasteiger partial charge in [0, 0.05) is 30.2 Å². The van der Waals surface area contributed by atoms with E-state index < -0.39 is 0 Å². The van der Waals surface area contributed by atoms with Crippen LogP contribution in [0, 0.1) is 0 Å². The van der Waals surface area contributed by atoms with Crippen molar-refractivity contribution >= 4 is 11.6 Å². The third-order valence-corrected chi connectivity index (χ3v) is 4.98. The van der Waals surface area contributed by atoms with Crippen molar-refractivity contribution in [2.75, 3.05) is 13.1 Å². The number of nitrogens with zero attached hydrogens (tertiary/aromatic N) is 1. The van der Waals surface area contributed by atoms with Crippen LogP contribution in [-0.4, -0.2) is 30.1 Å². The van der Waals surface area contributed by atoms with E-state index in [9.17, 15) is 0 Å². The van der Waals surface area contributed by atoms with Crippen LogP contribution in [0.25, 0.3) is 0 Å². The SMILES string of the molecule is Clc1ccccc1CN(C1CCCC1)[C@H]1CCNC1. The number of benzene rings is 1. The van der Waals surface area contributed by atoms with Crippen molar-refractivity contribution in [1.82, 2.24) is 10.2 Å². The van der Waals surface area contributed by atoms with Crippen LogP contribution in [0.2, 0.25) is 5.02 Å². The summed E-state index contributed by atoms with van der Waals surface area (Å²) in [6.07, 6.45) is 6.79. The molecule has 0 bridgehead atoms. The lowest BCUT2D eigenvalue weighted by molar-refractivity contribution is 0.136. The van der Waals surface area contributed by atoms with E-state index in [1.807, 2.05) is 12.1 Å². The van der Waals surface area contributed by atoms with Crippen LogP contribution in [0.1, 0.15) is 37.7 Å². The van der Waals surface area contributed by atoms with E-state index >= 15 is 0 Å². The first-order valence-corrected chi connectivity index (χ1v) is 7.92. The quantitative estimate of drug-likeness (QED) is 0.908. The fourth-order valence-electron chi connectivity index (χ4n) is 3.54. The van der Waals surface area contributed by atoms with Gasteiger partial charge in [-0.1, -0.05) is 42.6 Å². The molecule has 1 heterocycles. The van der Waals surface area contributed by atoms with E-state index in [4.69, 9.17) is 11.6 Å². The average Bonchev–Trinajstić information content (AvgIpc) is 3.11. The Balaban J connectivity index is 1.76. The number of rotatable bonds is 4. The molecule has 0 amide bonds. The van der Waals surface area contributed by atoms with Crippen molar-refractivity contribution in [1.29, 1.82) is 0 Å². The second kappa shape index (κ2) is 6.25. The third-order valence-electron chi connectivity index (χ3n) is 4.61. The van der Waals surface area contributed by atoms with Crippen molar-refractivity contribution in [2.45, 2.75) is 50.7 Å². The minimum Gasteiger partial charge on any atom is -0.315 e. The summed E-state index contributed by atoms with van der Waals surface area (Å²) in [5, 5.41) is 4.42. The molecule has 1 atom stereocenters. The van der Waals surface area contributed by atoms with Crippen LogP contribution in [0.5, 0.6) is 0 Å². The summed E-state index contributed by atoms with van der Waals surface area (Å²) >= 11 is 6.34. The number of hydrogen-bond acceptors (Lipinski definition) is 2. The van der Waals surface area contributed by atoms with Gasteiger partial charge in [-0.05, 0) is 37.4 Å². The first-order valence-electron chi connectivity index (χ1n) is 7.54. The second-order valence-electron chi connectivity index (χ2n) is 5.85. The van der Waals surface area contributed by atoms with Gasteiger partial charge in [0.15, 0.2) is 0 Å². The van der Waals surface area contributed by atoms with E-state index in [0.717, 1.165) is 30.7 Å². The number of halogens is 1. The highest BCUT2D eigenvalue weighted by atomic mass is 35.5. The molecule has 0 spiro atoms. The summed E-state index contributed by atoms with van der Waals surface area (Å²) in [4.78, 5) is 2.72. The van der Waals surface area contributed by atoms with Crippen molar-refractivity contribution in [3.63, 3.8) is 0 Å². The Morgan fingerprint density at radius 3 is 2.58 bits per heavy atom. The maximum Gasteiger partial charge on any atom is 0.0451 e. The minimum atomic E-state index is 0.694. The van der Waals surface area contributed by atoms with E-state index in [-0.39, 0.29) is 0 Å². The largest absolute Gasteiger partial charge is 0.315 e. The predicted octanol–water partition coefficient (Wildman–Crippen LogP) is 3.45. The molecule has 1 N–H and O–H groups in total. The minimum absolute atomic E-state index is 0.694. The Kier molecular flexibility index (Phi) is 4.42. The third kappa shape index (κ3) is 3.13. The van der Waals surface area contributed by atoms with E-state index in [2.05, 4.69) is 22.3 Å². The zero-order chi connectivity index (χ0) is 13.1. The van der Waals surface area contributed by atoms with Crippen molar-refractivity contribution < 1.29 is 0 Å². The van der Waals surface area contributed by atoms with Crippen LogP contribution in [-0.2, 0) is 6.54 Å². The molecule has 19 heavy (non-hydrogen) atoms. The molecule has 2 nitrogen and oxygen atoms in total. The zero-order valence-electron chi connectivity index (χ0n) is 11.4. The molecule has 1 aromatic carbocycles. The van der Waals surface area contributed by atoms with Gasteiger partial charge in [-0.15, -0.1) is 0 Å². The predicted molar refractivity (Wildman–Crippen MR) is 80.5 cm³/mol. The molecular formula is C16H23ClN2. The van der Waals surface area contributed by atoms with E-state index in [1.54, 1.807) is 0 Å². The molecule has 1 saturated carbocycles. The zero-order valence-corrected chi connectivity index (χ0v) is 12.2. The highest BCUT2D eigenvalue weighted by molar-refractivity contribution is 6.31. The summed E-state index contributed by atoms with van der Waals surface area (Å²) < 4.78 is 0. The molecule has 1 aliphatic carbocycles. The summed E-state index contributed by atoms with van der Waals surface area (Å²) in [6.45, 7) is 3.31. The summed E-state index contributed by atoms with van der Waals surface area (Å²) in [5.41, 5.74) is 1.28. The standard InChI is InChI=1S/C16H23ClN2/c17-16-8-4-1-5-13(16)12-19(14-6-2-3-7-14)15-9-10-18-11-15/h1,4-5,8,14-15,18H,2-3,6-7,9-12H2/t15-/m0/s1. The molecule has 0 aromatic heterocycles. The molecule has 3 heteroatoms. The van der Waals surface area contributed by atoms with Crippen LogP contribution in [0.3, 0.4) is 0 Å². The first kappa shape index (κ1) is 13.4. The number of hydrogen-bond donors (Lipinski definition) is 1. The molecule has 1 aromatic rings. The summed E-state index contributed by atoms with van der Waals surface area (Å²) in [6, 6.07) is 9.76. The normalized spacial score (nSPS) is 24.4. The van der Waals surface area contributed by atoms with E-state index in [1.165, 1.54) is 37.7 Å². The van der Waals surface area contributed by atoms with E-state index in [0.29, 0.717) is 6.04 Å². The molecule has 2 aliphatic rings. The Hall–Kier alpha value is -0.570. The monoisotopic (exact) mass is 278 g/mol. The molecule has 2 fully saturated rings. The Labute approximate surface area is 121 Å². The topological polar surface area (TPSA) is 15.3 Å². The van der Waals surface area contributed by atoms with Crippen LogP contribution in [0.15, 0.2) is 24.3 Å². The van der Waals surface area contributed by atoms with Gasteiger partial charge in [0.1, 0.15) is 0 Å². The van der Waals surface area contributed by atoms with Crippen LogP contribution >= 0.6 is 11.6 Å². The average molecular weight is 279 g/mol. The number of nitrogens with one attached hydrogen (secondary N) is 1. The summed E-state index contributed by atoms with van der Waals surface area (Å²) in [5.74, 6) is 0. The lowest BCUT2D eigenvalue weighted by Crippen LogP contribution is -2.42. The van der Waals surface area contributed by atoms with Gasteiger partial charge in [0.25, 0.3) is 0 Å². The van der Waals surface area contributed by atoms with Crippen LogP contribution in [0.4, 0.5) is 0 Å². The molecule has 0 unspecified atom stereocenters. The molecule has 104 valence electrons. The van der Waals surface area contributed by atoms with Crippen LogP contribution < -0.4 is 5.32 Å². The molecule has 1 saturated heterocycles. The van der Waals surface area contributed by atoms with Gasteiger partial charge in [-0.25, -0.2) is 0 Å². The van der Waals surface area contributed by atoms with Gasteiger partial charge in [0.05, 0.1) is 0 Å². The fourth-order valence-corrected chi connectivity index (χ4v) is 3.73.